The molecule has 1 aliphatic heterocycles. The van der Waals surface area contributed by atoms with Crippen molar-refractivity contribution in [3.63, 3.8) is 0 Å². The maximum absolute atomic E-state index is 13.7. The van der Waals surface area contributed by atoms with Gasteiger partial charge in [0.1, 0.15) is 11.9 Å². The van der Waals surface area contributed by atoms with E-state index in [4.69, 9.17) is 5.11 Å². The van der Waals surface area contributed by atoms with Gasteiger partial charge in [0, 0.05) is 12.1 Å². The number of halogens is 1. The minimum Gasteiger partial charge on any atom is -0.480 e. The molecule has 1 atom stereocenters. The maximum Gasteiger partial charge on any atom is 0.322 e. The van der Waals surface area contributed by atoms with E-state index < -0.39 is 33.6 Å². The van der Waals surface area contributed by atoms with Gasteiger partial charge >= 0.3 is 5.97 Å². The molecular weight excluding hydrogens is 285 g/mol. The Kier molecular flexibility index (Phi) is 4.10. The van der Waals surface area contributed by atoms with E-state index >= 15 is 0 Å². The quantitative estimate of drug-likeness (QED) is 0.915. The third-order valence-corrected chi connectivity index (χ3v) is 5.22. The number of sulfonamides is 1. The van der Waals surface area contributed by atoms with Gasteiger partial charge < -0.3 is 5.11 Å². The summed E-state index contributed by atoms with van der Waals surface area (Å²) in [5.74, 6) is -2.25. The molecule has 0 aliphatic carbocycles. The van der Waals surface area contributed by atoms with Crippen molar-refractivity contribution in [1.29, 1.82) is 0 Å². The van der Waals surface area contributed by atoms with Crippen LogP contribution in [-0.4, -0.2) is 36.4 Å². The van der Waals surface area contributed by atoms with Gasteiger partial charge in [-0.1, -0.05) is 12.1 Å². The van der Waals surface area contributed by atoms with E-state index in [1.807, 2.05) is 0 Å². The summed E-state index contributed by atoms with van der Waals surface area (Å²) in [6.45, 7) is 1.88. The summed E-state index contributed by atoms with van der Waals surface area (Å²) in [4.78, 5) is 11.0. The number of aryl methyl sites for hydroxylation is 1. The van der Waals surface area contributed by atoms with Gasteiger partial charge in [-0.2, -0.15) is 4.31 Å². The Bertz CT molecular complexity index is 629. The van der Waals surface area contributed by atoms with E-state index in [1.165, 1.54) is 12.1 Å². The highest BCUT2D eigenvalue weighted by molar-refractivity contribution is 7.88. The molecule has 0 saturated carbocycles. The van der Waals surface area contributed by atoms with Crippen LogP contribution in [-0.2, 0) is 20.6 Å². The number of carbonyl (C=O) groups is 1. The van der Waals surface area contributed by atoms with Crippen LogP contribution in [0.2, 0.25) is 0 Å². The molecule has 110 valence electrons. The highest BCUT2D eigenvalue weighted by Crippen LogP contribution is 2.24. The molecule has 0 spiro atoms. The van der Waals surface area contributed by atoms with E-state index in [0.29, 0.717) is 18.4 Å². The summed E-state index contributed by atoms with van der Waals surface area (Å²) < 4.78 is 39.2. The van der Waals surface area contributed by atoms with Crippen molar-refractivity contribution >= 4 is 16.0 Å². The topological polar surface area (TPSA) is 74.7 Å². The molecule has 0 radical (unpaired) electrons. The van der Waals surface area contributed by atoms with Crippen molar-refractivity contribution in [2.45, 2.75) is 31.6 Å². The number of hydrogen-bond acceptors (Lipinski definition) is 3. The Morgan fingerprint density at radius 3 is 2.80 bits per heavy atom. The number of nitrogens with zero attached hydrogens (tertiary/aromatic N) is 1. The number of aliphatic carboxylic acids is 1. The lowest BCUT2D eigenvalue weighted by Crippen LogP contribution is -2.41. The average Bonchev–Trinajstić information content (AvgIpc) is 2.82. The van der Waals surface area contributed by atoms with E-state index in [1.54, 1.807) is 13.0 Å². The summed E-state index contributed by atoms with van der Waals surface area (Å²) in [6.07, 6.45) is 0.803. The first-order chi connectivity index (χ1) is 9.31. The number of carboxylic acid groups (broad SMARTS) is 1. The third-order valence-electron chi connectivity index (χ3n) is 3.39. The molecule has 7 heteroatoms. The first-order valence-electron chi connectivity index (χ1n) is 6.28. The zero-order valence-corrected chi connectivity index (χ0v) is 11.9. The van der Waals surface area contributed by atoms with Crippen molar-refractivity contribution in [2.75, 3.05) is 6.54 Å². The molecule has 0 aromatic heterocycles. The van der Waals surface area contributed by atoms with E-state index in [9.17, 15) is 17.6 Å². The minimum atomic E-state index is -3.83. The molecule has 0 bridgehead atoms. The Morgan fingerprint density at radius 1 is 1.50 bits per heavy atom. The van der Waals surface area contributed by atoms with Gasteiger partial charge in [-0.25, -0.2) is 12.8 Å². The molecule has 0 amide bonds. The molecule has 1 N–H and O–H groups in total. The summed E-state index contributed by atoms with van der Waals surface area (Å²) in [5, 5.41) is 9.02. The summed E-state index contributed by atoms with van der Waals surface area (Å²) in [7, 11) is -3.83. The lowest BCUT2D eigenvalue weighted by atomic mass is 10.2. The van der Waals surface area contributed by atoms with Crippen LogP contribution >= 0.6 is 0 Å². The first kappa shape index (κ1) is 14.9. The van der Waals surface area contributed by atoms with Crippen LogP contribution in [0.25, 0.3) is 0 Å². The summed E-state index contributed by atoms with van der Waals surface area (Å²) in [5.41, 5.74) is 0.764. The van der Waals surface area contributed by atoms with Gasteiger partial charge in [0.2, 0.25) is 10.0 Å². The van der Waals surface area contributed by atoms with Gasteiger partial charge in [0.25, 0.3) is 0 Å². The molecule has 1 aromatic rings. The lowest BCUT2D eigenvalue weighted by molar-refractivity contribution is -0.140. The zero-order chi connectivity index (χ0) is 14.9. The molecule has 1 aliphatic rings. The fourth-order valence-electron chi connectivity index (χ4n) is 2.37. The second-order valence-corrected chi connectivity index (χ2v) is 6.88. The molecule has 20 heavy (non-hydrogen) atoms. The minimum absolute atomic E-state index is 0.0617. The number of rotatable bonds is 4. The van der Waals surface area contributed by atoms with Crippen LogP contribution in [0.4, 0.5) is 4.39 Å². The van der Waals surface area contributed by atoms with Gasteiger partial charge in [-0.05, 0) is 31.4 Å². The SMILES string of the molecule is Cc1ccc(CS(=O)(=O)N2CCC[C@H]2C(=O)O)c(F)c1. The van der Waals surface area contributed by atoms with Crippen molar-refractivity contribution in [3.8, 4) is 0 Å². The van der Waals surface area contributed by atoms with E-state index in [0.717, 1.165) is 4.31 Å². The fourth-order valence-corrected chi connectivity index (χ4v) is 4.15. The smallest absolute Gasteiger partial charge is 0.322 e. The Labute approximate surface area is 117 Å². The number of hydrogen-bond donors (Lipinski definition) is 1. The molecule has 1 fully saturated rings. The summed E-state index contributed by atoms with van der Waals surface area (Å²) in [6, 6.07) is 3.29. The van der Waals surface area contributed by atoms with Crippen LogP contribution in [0, 0.1) is 12.7 Å². The normalized spacial score (nSPS) is 20.2. The van der Waals surface area contributed by atoms with Crippen LogP contribution in [0.5, 0.6) is 0 Å². The highest BCUT2D eigenvalue weighted by Gasteiger charge is 2.38. The second-order valence-electron chi connectivity index (χ2n) is 4.96. The molecule has 1 aromatic carbocycles. The van der Waals surface area contributed by atoms with Crippen molar-refractivity contribution < 1.29 is 22.7 Å². The predicted octanol–water partition coefficient (Wildman–Crippen LogP) is 1.51. The molecular formula is C13H16FNO4S. The first-order valence-corrected chi connectivity index (χ1v) is 7.89. The predicted molar refractivity (Wildman–Crippen MR) is 71.1 cm³/mol. The Morgan fingerprint density at radius 2 is 2.20 bits per heavy atom. The molecule has 0 unspecified atom stereocenters. The fraction of sp³-hybridized carbons (Fsp3) is 0.462. The average molecular weight is 301 g/mol. The second kappa shape index (κ2) is 5.49. The van der Waals surface area contributed by atoms with Gasteiger partial charge in [-0.15, -0.1) is 0 Å². The number of carboxylic acids is 1. The molecule has 2 rings (SSSR count). The van der Waals surface area contributed by atoms with Crippen LogP contribution < -0.4 is 0 Å². The van der Waals surface area contributed by atoms with Crippen molar-refractivity contribution in [2.24, 2.45) is 0 Å². The maximum atomic E-state index is 13.7. The van der Waals surface area contributed by atoms with Crippen molar-refractivity contribution in [3.05, 3.63) is 35.1 Å². The molecule has 1 saturated heterocycles. The lowest BCUT2D eigenvalue weighted by Gasteiger charge is -2.21. The Hall–Kier alpha value is -1.47. The van der Waals surface area contributed by atoms with E-state index in [2.05, 4.69) is 0 Å². The van der Waals surface area contributed by atoms with E-state index in [-0.39, 0.29) is 12.1 Å². The molecule has 1 heterocycles. The molecule has 5 nitrogen and oxygen atoms in total. The van der Waals surface area contributed by atoms with Gasteiger partial charge in [-0.3, -0.25) is 4.79 Å². The van der Waals surface area contributed by atoms with Crippen LogP contribution in [0.1, 0.15) is 24.0 Å². The Balaban J connectivity index is 2.25. The van der Waals surface area contributed by atoms with Gasteiger partial charge in [0.15, 0.2) is 0 Å². The highest BCUT2D eigenvalue weighted by atomic mass is 32.2. The van der Waals surface area contributed by atoms with Gasteiger partial charge in [0.05, 0.1) is 5.75 Å². The van der Waals surface area contributed by atoms with Crippen LogP contribution in [0.15, 0.2) is 18.2 Å². The summed E-state index contributed by atoms with van der Waals surface area (Å²) >= 11 is 0. The monoisotopic (exact) mass is 301 g/mol. The number of benzene rings is 1. The largest absolute Gasteiger partial charge is 0.480 e. The van der Waals surface area contributed by atoms with Crippen molar-refractivity contribution in [1.82, 2.24) is 4.31 Å². The van der Waals surface area contributed by atoms with Crippen LogP contribution in [0.3, 0.4) is 0 Å². The zero-order valence-electron chi connectivity index (χ0n) is 11.0. The standard InChI is InChI=1S/C13H16FNO4S/c1-9-4-5-10(11(14)7-9)8-20(18,19)15-6-2-3-12(15)13(16)17/h4-5,7,12H,2-3,6,8H2,1H3,(H,16,17)/t12-/m0/s1. The third kappa shape index (κ3) is 2.99.